The normalized spacial score (nSPS) is 16.5. The Bertz CT molecular complexity index is 1170. The number of hydrogen-bond acceptors (Lipinski definition) is 5. The summed E-state index contributed by atoms with van der Waals surface area (Å²) in [5.41, 5.74) is 12.3. The summed E-state index contributed by atoms with van der Waals surface area (Å²) < 4.78 is 15.2. The number of halogens is 1. The number of nitrogens with one attached hydrogen (secondary N) is 1. The molecule has 0 aromatic carbocycles. The number of aryl methyl sites for hydroxylation is 1. The molecule has 0 radical (unpaired) electrons. The molecule has 0 amide bonds. The Morgan fingerprint density at radius 1 is 1.30 bits per heavy atom. The van der Waals surface area contributed by atoms with Crippen molar-refractivity contribution in [1.29, 1.82) is 0 Å². The standard InChI is InChI=1S/C22H22FN5O2/c1-28-17(7-22(24)10-25-11-22)19(21(29)30)14-4-2-12-8-26-16(6-15(12)20(14)28)13-3-5-18(23)27-9-13/h3,5-6,8-9,25H,2,4,7,10-11,24H2,1H3,(H,29,30). The second kappa shape index (κ2) is 6.72. The van der Waals surface area contributed by atoms with E-state index in [1.165, 1.54) is 12.3 Å². The summed E-state index contributed by atoms with van der Waals surface area (Å²) in [7, 11) is 1.91. The number of nitrogens with two attached hydrogens (primary N) is 1. The molecule has 1 aliphatic carbocycles. The van der Waals surface area contributed by atoms with Gasteiger partial charge in [-0.05, 0) is 42.2 Å². The quantitative estimate of drug-likeness (QED) is 0.571. The summed E-state index contributed by atoms with van der Waals surface area (Å²) in [5, 5.41) is 13.2. The van der Waals surface area contributed by atoms with Crippen LogP contribution in [0, 0.1) is 5.95 Å². The summed E-state index contributed by atoms with van der Waals surface area (Å²) in [6.07, 6.45) is 5.14. The molecule has 0 unspecified atom stereocenters. The molecule has 4 heterocycles. The molecule has 1 aliphatic heterocycles. The van der Waals surface area contributed by atoms with Gasteiger partial charge in [-0.15, -0.1) is 0 Å². The van der Waals surface area contributed by atoms with Gasteiger partial charge in [-0.3, -0.25) is 4.98 Å². The highest BCUT2D eigenvalue weighted by molar-refractivity contribution is 5.95. The molecule has 0 atom stereocenters. The van der Waals surface area contributed by atoms with Crippen LogP contribution in [0.5, 0.6) is 0 Å². The van der Waals surface area contributed by atoms with Crippen molar-refractivity contribution in [2.24, 2.45) is 12.8 Å². The molecule has 154 valence electrons. The van der Waals surface area contributed by atoms with E-state index in [1.807, 2.05) is 23.9 Å². The fraction of sp³-hybridized carbons (Fsp3) is 0.318. The van der Waals surface area contributed by atoms with Crippen molar-refractivity contribution in [3.8, 4) is 22.5 Å². The van der Waals surface area contributed by atoms with E-state index in [0.29, 0.717) is 42.8 Å². The maximum Gasteiger partial charge on any atom is 0.337 e. The van der Waals surface area contributed by atoms with Crippen LogP contribution >= 0.6 is 0 Å². The minimum atomic E-state index is -0.918. The summed E-state index contributed by atoms with van der Waals surface area (Å²) >= 11 is 0. The van der Waals surface area contributed by atoms with Gasteiger partial charge in [-0.1, -0.05) is 0 Å². The topological polar surface area (TPSA) is 106 Å². The SMILES string of the molecule is Cn1c(CC2(N)CNC2)c(C(=O)O)c2c1-c1cc(-c3ccc(F)nc3)ncc1CC2. The number of carboxylic acids is 1. The van der Waals surface area contributed by atoms with E-state index in [4.69, 9.17) is 5.73 Å². The molecule has 3 aromatic heterocycles. The van der Waals surface area contributed by atoms with Crippen LogP contribution in [0.3, 0.4) is 0 Å². The lowest BCUT2D eigenvalue weighted by molar-refractivity contribution is 0.0693. The zero-order chi connectivity index (χ0) is 21.0. The predicted octanol–water partition coefficient (Wildman–Crippen LogP) is 1.93. The highest BCUT2D eigenvalue weighted by Gasteiger charge is 2.37. The first-order valence-corrected chi connectivity index (χ1v) is 9.91. The Hall–Kier alpha value is -3.10. The number of carbonyl (C=O) groups is 1. The highest BCUT2D eigenvalue weighted by Crippen LogP contribution is 2.40. The molecule has 1 saturated heterocycles. The summed E-state index contributed by atoms with van der Waals surface area (Å²) in [6, 6.07) is 4.89. The lowest BCUT2D eigenvalue weighted by Crippen LogP contribution is -2.67. The van der Waals surface area contributed by atoms with Crippen molar-refractivity contribution in [3.63, 3.8) is 0 Å². The number of nitrogens with zero attached hydrogens (tertiary/aromatic N) is 3. The number of carboxylic acid groups (broad SMARTS) is 1. The Balaban J connectivity index is 1.66. The van der Waals surface area contributed by atoms with Gasteiger partial charge in [0.05, 0.1) is 17.0 Å². The minimum absolute atomic E-state index is 0.372. The van der Waals surface area contributed by atoms with Crippen molar-refractivity contribution in [1.82, 2.24) is 19.9 Å². The van der Waals surface area contributed by atoms with Gasteiger partial charge < -0.3 is 20.7 Å². The average molecular weight is 407 g/mol. The molecule has 3 aromatic rings. The van der Waals surface area contributed by atoms with Crippen molar-refractivity contribution >= 4 is 5.97 Å². The lowest BCUT2D eigenvalue weighted by Gasteiger charge is -2.39. The monoisotopic (exact) mass is 407 g/mol. The van der Waals surface area contributed by atoms with E-state index in [0.717, 1.165) is 34.5 Å². The fourth-order valence-electron chi connectivity index (χ4n) is 4.60. The van der Waals surface area contributed by atoms with Gasteiger partial charge >= 0.3 is 5.97 Å². The van der Waals surface area contributed by atoms with Crippen LogP contribution in [0.15, 0.2) is 30.6 Å². The molecule has 0 bridgehead atoms. The number of aromatic nitrogens is 3. The number of aromatic carboxylic acids is 1. The maximum atomic E-state index is 13.2. The molecule has 30 heavy (non-hydrogen) atoms. The van der Waals surface area contributed by atoms with Crippen LogP contribution in [0.4, 0.5) is 4.39 Å². The molecule has 7 nitrogen and oxygen atoms in total. The van der Waals surface area contributed by atoms with Crippen LogP contribution in [0.25, 0.3) is 22.5 Å². The molecular weight excluding hydrogens is 385 g/mol. The van der Waals surface area contributed by atoms with E-state index < -0.39 is 17.5 Å². The summed E-state index contributed by atoms with van der Waals surface area (Å²) in [4.78, 5) is 20.4. The number of hydrogen-bond donors (Lipinski definition) is 3. The van der Waals surface area contributed by atoms with Crippen molar-refractivity contribution in [2.75, 3.05) is 13.1 Å². The van der Waals surface area contributed by atoms with Crippen LogP contribution in [-0.2, 0) is 26.3 Å². The predicted molar refractivity (Wildman–Crippen MR) is 110 cm³/mol. The Morgan fingerprint density at radius 2 is 2.10 bits per heavy atom. The molecule has 1 fully saturated rings. The van der Waals surface area contributed by atoms with Gasteiger partial charge in [0.1, 0.15) is 0 Å². The van der Waals surface area contributed by atoms with E-state index in [9.17, 15) is 14.3 Å². The average Bonchev–Trinajstić information content (AvgIpc) is 2.99. The largest absolute Gasteiger partial charge is 0.478 e. The first-order valence-electron chi connectivity index (χ1n) is 9.91. The Labute approximate surface area is 172 Å². The van der Waals surface area contributed by atoms with E-state index in [1.54, 1.807) is 6.07 Å². The molecular formula is C22H22FN5O2. The Morgan fingerprint density at radius 3 is 2.73 bits per heavy atom. The maximum absolute atomic E-state index is 13.2. The first kappa shape index (κ1) is 18.9. The molecule has 4 N–H and O–H groups in total. The number of rotatable bonds is 4. The molecule has 8 heteroatoms. The van der Waals surface area contributed by atoms with Gasteiger partial charge in [0.15, 0.2) is 0 Å². The fourth-order valence-corrected chi connectivity index (χ4v) is 4.60. The molecule has 0 saturated carbocycles. The third kappa shape index (κ3) is 2.91. The van der Waals surface area contributed by atoms with Crippen molar-refractivity contribution in [3.05, 3.63) is 58.9 Å². The smallest absolute Gasteiger partial charge is 0.337 e. The van der Waals surface area contributed by atoms with Gasteiger partial charge in [-0.2, -0.15) is 4.39 Å². The van der Waals surface area contributed by atoms with Crippen LogP contribution in [0.2, 0.25) is 0 Å². The summed E-state index contributed by atoms with van der Waals surface area (Å²) in [5.74, 6) is -1.46. The second-order valence-electron chi connectivity index (χ2n) is 8.25. The van der Waals surface area contributed by atoms with Gasteiger partial charge in [0.2, 0.25) is 5.95 Å². The van der Waals surface area contributed by atoms with E-state index in [-0.39, 0.29) is 0 Å². The van der Waals surface area contributed by atoms with Crippen LogP contribution in [-0.4, -0.2) is 44.2 Å². The first-order chi connectivity index (χ1) is 14.4. The highest BCUT2D eigenvalue weighted by atomic mass is 19.1. The molecule has 0 spiro atoms. The van der Waals surface area contributed by atoms with Gasteiger partial charge in [0.25, 0.3) is 0 Å². The summed E-state index contributed by atoms with van der Waals surface area (Å²) in [6.45, 7) is 1.34. The second-order valence-corrected chi connectivity index (χ2v) is 8.25. The van der Waals surface area contributed by atoms with Crippen molar-refractivity contribution < 1.29 is 14.3 Å². The molecule has 2 aliphatic rings. The van der Waals surface area contributed by atoms with Crippen LogP contribution < -0.4 is 11.1 Å². The van der Waals surface area contributed by atoms with Gasteiger partial charge in [0, 0.05) is 61.3 Å². The lowest BCUT2D eigenvalue weighted by atomic mass is 9.85. The van der Waals surface area contributed by atoms with Crippen molar-refractivity contribution in [2.45, 2.75) is 24.8 Å². The Kier molecular flexibility index (Phi) is 4.23. The zero-order valence-corrected chi connectivity index (χ0v) is 16.6. The van der Waals surface area contributed by atoms with Gasteiger partial charge in [-0.25, -0.2) is 9.78 Å². The third-order valence-corrected chi connectivity index (χ3v) is 6.21. The number of pyridine rings is 2. The zero-order valence-electron chi connectivity index (χ0n) is 16.6. The minimum Gasteiger partial charge on any atom is -0.478 e. The van der Waals surface area contributed by atoms with E-state index in [2.05, 4.69) is 15.3 Å². The molecule has 5 rings (SSSR count). The van der Waals surface area contributed by atoms with E-state index >= 15 is 0 Å². The third-order valence-electron chi connectivity index (χ3n) is 6.21. The van der Waals surface area contributed by atoms with Crippen LogP contribution in [0.1, 0.15) is 27.2 Å². The number of fused-ring (bicyclic) bond motifs is 3.